The van der Waals surface area contributed by atoms with Gasteiger partial charge in [0.25, 0.3) is 0 Å². The summed E-state index contributed by atoms with van der Waals surface area (Å²) in [4.78, 5) is 16.3. The van der Waals surface area contributed by atoms with Crippen LogP contribution >= 0.6 is 0 Å². The smallest absolute Gasteiger partial charge is 0.433 e. The van der Waals surface area contributed by atoms with E-state index in [2.05, 4.69) is 18.6 Å². The third kappa shape index (κ3) is 2.59. The highest BCUT2D eigenvalue weighted by molar-refractivity contribution is 5.66. The fourth-order valence-electron chi connectivity index (χ4n) is 1.39. The van der Waals surface area contributed by atoms with E-state index in [4.69, 9.17) is 4.84 Å². The zero-order valence-corrected chi connectivity index (χ0v) is 8.45. The lowest BCUT2D eigenvalue weighted by atomic mass is 9.93. The van der Waals surface area contributed by atoms with Gasteiger partial charge in [-0.15, -0.1) is 0 Å². The van der Waals surface area contributed by atoms with Gasteiger partial charge in [-0.3, -0.25) is 4.84 Å². The largest absolute Gasteiger partial charge is 0.451 e. The Morgan fingerprint density at radius 3 is 2.69 bits per heavy atom. The topological polar surface area (TPSA) is 38.8 Å². The third-order valence-electron chi connectivity index (χ3n) is 2.47. The van der Waals surface area contributed by atoms with E-state index in [9.17, 15) is 4.79 Å². The molecule has 0 spiro atoms. The van der Waals surface area contributed by atoms with Crippen molar-refractivity contribution < 1.29 is 14.4 Å². The second-order valence-corrected chi connectivity index (χ2v) is 3.66. The summed E-state index contributed by atoms with van der Waals surface area (Å²) in [6.45, 7) is 5.59. The summed E-state index contributed by atoms with van der Waals surface area (Å²) >= 11 is 0. The Morgan fingerprint density at radius 1 is 1.62 bits per heavy atom. The molecule has 0 bridgehead atoms. The Balaban J connectivity index is 2.34. The molecular weight excluding hydrogens is 170 g/mol. The van der Waals surface area contributed by atoms with Gasteiger partial charge in [0.05, 0.1) is 20.3 Å². The molecule has 0 aromatic heterocycles. The molecule has 4 heteroatoms. The lowest BCUT2D eigenvalue weighted by molar-refractivity contribution is -0.176. The van der Waals surface area contributed by atoms with Gasteiger partial charge in [0.15, 0.2) is 0 Å². The highest BCUT2D eigenvalue weighted by atomic mass is 16.7. The van der Waals surface area contributed by atoms with Crippen LogP contribution in [-0.2, 0) is 9.57 Å². The van der Waals surface area contributed by atoms with Gasteiger partial charge in [0.1, 0.15) is 0 Å². The van der Waals surface area contributed by atoms with Crippen molar-refractivity contribution in [3.63, 3.8) is 0 Å². The summed E-state index contributed by atoms with van der Waals surface area (Å²) < 4.78 is 4.55. The number of nitrogens with zero attached hydrogens (tertiary/aromatic N) is 1. The first kappa shape index (κ1) is 10.3. The fraction of sp³-hybridized carbons (Fsp3) is 0.889. The molecule has 1 rings (SSSR count). The number of ether oxygens (including phenoxy) is 1. The molecule has 0 N–H and O–H groups in total. The van der Waals surface area contributed by atoms with Crippen LogP contribution < -0.4 is 0 Å². The van der Waals surface area contributed by atoms with Crippen LogP contribution in [0.25, 0.3) is 0 Å². The van der Waals surface area contributed by atoms with Gasteiger partial charge in [0, 0.05) is 0 Å². The van der Waals surface area contributed by atoms with Crippen LogP contribution in [0.4, 0.5) is 4.79 Å². The van der Waals surface area contributed by atoms with E-state index in [1.165, 1.54) is 12.2 Å². The molecule has 0 radical (unpaired) electrons. The van der Waals surface area contributed by atoms with Crippen LogP contribution in [0.3, 0.4) is 0 Å². The first-order valence-electron chi connectivity index (χ1n) is 4.63. The van der Waals surface area contributed by atoms with E-state index in [0.29, 0.717) is 25.0 Å². The molecule has 0 aliphatic carbocycles. The van der Waals surface area contributed by atoms with Crippen LogP contribution in [0.2, 0.25) is 0 Å². The molecule has 13 heavy (non-hydrogen) atoms. The maximum Gasteiger partial charge on any atom is 0.433 e. The number of hydrogen-bond donors (Lipinski definition) is 0. The Bertz CT molecular complexity index is 174. The van der Waals surface area contributed by atoms with E-state index in [-0.39, 0.29) is 0 Å². The summed E-state index contributed by atoms with van der Waals surface area (Å²) in [6, 6.07) is 0. The van der Waals surface area contributed by atoms with Crippen molar-refractivity contribution in [3.8, 4) is 0 Å². The number of amides is 1. The van der Waals surface area contributed by atoms with E-state index < -0.39 is 6.09 Å². The molecule has 1 saturated heterocycles. The van der Waals surface area contributed by atoms with Crippen LogP contribution in [0, 0.1) is 11.8 Å². The Kier molecular flexibility index (Phi) is 3.54. The summed E-state index contributed by atoms with van der Waals surface area (Å²) in [6.07, 6.45) is 0.592. The predicted molar refractivity (Wildman–Crippen MR) is 48.0 cm³/mol. The van der Waals surface area contributed by atoms with Crippen molar-refractivity contribution in [2.75, 3.05) is 20.3 Å². The monoisotopic (exact) mass is 187 g/mol. The van der Waals surface area contributed by atoms with Crippen molar-refractivity contribution in [2.24, 2.45) is 11.8 Å². The highest BCUT2D eigenvalue weighted by Crippen LogP contribution is 2.21. The molecule has 1 fully saturated rings. The lowest BCUT2D eigenvalue weighted by Gasteiger charge is -2.31. The molecular formula is C9H17NO3. The van der Waals surface area contributed by atoms with E-state index in [1.807, 2.05) is 0 Å². The molecule has 0 aromatic rings. The average molecular weight is 187 g/mol. The van der Waals surface area contributed by atoms with Crippen LogP contribution in [0.1, 0.15) is 20.3 Å². The summed E-state index contributed by atoms with van der Waals surface area (Å²) in [5, 5.41) is 1.29. The van der Waals surface area contributed by atoms with Gasteiger partial charge in [-0.2, -0.15) is 5.06 Å². The van der Waals surface area contributed by atoms with Crippen molar-refractivity contribution in [1.82, 2.24) is 5.06 Å². The third-order valence-corrected chi connectivity index (χ3v) is 2.47. The van der Waals surface area contributed by atoms with Crippen molar-refractivity contribution in [2.45, 2.75) is 20.3 Å². The minimum absolute atomic E-state index is 0.401. The molecule has 4 nitrogen and oxygen atoms in total. The van der Waals surface area contributed by atoms with Gasteiger partial charge >= 0.3 is 6.09 Å². The standard InChI is InChI=1S/C9H17NO3/c1-7(2)8-4-5-10(13-6-8)9(11)12-3/h7-8H,4-6H2,1-3H3. The second kappa shape index (κ2) is 4.46. The number of carbonyl (C=O) groups is 1. The molecule has 0 aromatic carbocycles. The SMILES string of the molecule is COC(=O)N1CCC(C(C)C)CO1. The lowest BCUT2D eigenvalue weighted by Crippen LogP contribution is -2.40. The van der Waals surface area contributed by atoms with Crippen molar-refractivity contribution in [1.29, 1.82) is 0 Å². The van der Waals surface area contributed by atoms with Crippen molar-refractivity contribution >= 4 is 6.09 Å². The molecule has 76 valence electrons. The fourth-order valence-corrected chi connectivity index (χ4v) is 1.39. The Morgan fingerprint density at radius 2 is 2.31 bits per heavy atom. The van der Waals surface area contributed by atoms with Crippen LogP contribution in [0.5, 0.6) is 0 Å². The molecule has 1 heterocycles. The van der Waals surface area contributed by atoms with E-state index >= 15 is 0 Å². The highest BCUT2D eigenvalue weighted by Gasteiger charge is 2.25. The second-order valence-electron chi connectivity index (χ2n) is 3.66. The summed E-state index contributed by atoms with van der Waals surface area (Å²) in [5.74, 6) is 1.17. The maximum absolute atomic E-state index is 11.0. The molecule has 1 aliphatic rings. The molecule has 1 atom stereocenters. The number of carbonyl (C=O) groups excluding carboxylic acids is 1. The number of hydroxylamine groups is 2. The first-order chi connectivity index (χ1) is 6.15. The average Bonchev–Trinajstić information content (AvgIpc) is 2.17. The Hall–Kier alpha value is -0.770. The maximum atomic E-state index is 11.0. The molecule has 1 unspecified atom stereocenters. The predicted octanol–water partition coefficient (Wildman–Crippen LogP) is 1.66. The van der Waals surface area contributed by atoms with E-state index in [1.54, 1.807) is 0 Å². The van der Waals surface area contributed by atoms with Gasteiger partial charge < -0.3 is 4.74 Å². The van der Waals surface area contributed by atoms with Gasteiger partial charge in [-0.1, -0.05) is 13.8 Å². The quantitative estimate of drug-likeness (QED) is 0.626. The molecule has 0 saturated carbocycles. The Labute approximate surface area is 78.8 Å². The van der Waals surface area contributed by atoms with Crippen LogP contribution in [0.15, 0.2) is 0 Å². The van der Waals surface area contributed by atoms with E-state index in [0.717, 1.165) is 6.42 Å². The number of hydrogen-bond acceptors (Lipinski definition) is 3. The number of methoxy groups -OCH3 is 1. The summed E-state index contributed by atoms with van der Waals surface area (Å²) in [5.41, 5.74) is 0. The van der Waals surface area contributed by atoms with Gasteiger partial charge in [-0.25, -0.2) is 4.79 Å². The normalized spacial score (nSPS) is 23.4. The molecule has 1 aliphatic heterocycles. The molecule has 1 amide bonds. The minimum atomic E-state index is -0.401. The zero-order chi connectivity index (χ0) is 9.84. The number of rotatable bonds is 1. The zero-order valence-electron chi connectivity index (χ0n) is 8.45. The minimum Gasteiger partial charge on any atom is -0.451 e. The van der Waals surface area contributed by atoms with Crippen LogP contribution in [-0.4, -0.2) is 31.4 Å². The summed E-state index contributed by atoms with van der Waals surface area (Å²) in [7, 11) is 1.36. The van der Waals surface area contributed by atoms with Crippen molar-refractivity contribution in [3.05, 3.63) is 0 Å². The van der Waals surface area contributed by atoms with Gasteiger partial charge in [-0.05, 0) is 18.3 Å². The van der Waals surface area contributed by atoms with Gasteiger partial charge in [0.2, 0.25) is 0 Å². The first-order valence-corrected chi connectivity index (χ1v) is 4.63.